The van der Waals surface area contributed by atoms with Crippen LogP contribution in [0.1, 0.15) is 5.56 Å². The SMILES string of the molecule is [CH2]Sc1cccc(C)c1F. The summed E-state index contributed by atoms with van der Waals surface area (Å²) in [4.78, 5) is 0.611. The van der Waals surface area contributed by atoms with Gasteiger partial charge in [-0.05, 0) is 18.6 Å². The van der Waals surface area contributed by atoms with Gasteiger partial charge in [-0.1, -0.05) is 12.1 Å². The van der Waals surface area contributed by atoms with Crippen molar-refractivity contribution in [3.63, 3.8) is 0 Å². The Morgan fingerprint density at radius 3 is 2.70 bits per heavy atom. The molecule has 0 bridgehead atoms. The number of hydrogen-bond donors (Lipinski definition) is 0. The maximum atomic E-state index is 12.9. The number of aryl methyl sites for hydroxylation is 1. The van der Waals surface area contributed by atoms with Gasteiger partial charge in [-0.25, -0.2) is 4.39 Å². The van der Waals surface area contributed by atoms with Gasteiger partial charge in [0, 0.05) is 11.2 Å². The summed E-state index contributed by atoms with van der Waals surface area (Å²) in [5, 5.41) is 0. The molecule has 10 heavy (non-hydrogen) atoms. The van der Waals surface area contributed by atoms with Crippen LogP contribution in [0.25, 0.3) is 0 Å². The summed E-state index contributed by atoms with van der Waals surface area (Å²) in [5.74, 6) is -0.150. The van der Waals surface area contributed by atoms with Crippen LogP contribution in [-0.4, -0.2) is 0 Å². The molecule has 0 aliphatic rings. The van der Waals surface area contributed by atoms with Crippen molar-refractivity contribution in [3.05, 3.63) is 35.8 Å². The van der Waals surface area contributed by atoms with Crippen LogP contribution in [-0.2, 0) is 0 Å². The lowest BCUT2D eigenvalue weighted by atomic mass is 10.2. The van der Waals surface area contributed by atoms with E-state index in [0.29, 0.717) is 10.5 Å². The predicted octanol–water partition coefficient (Wildman–Crippen LogP) is 3.02. The molecule has 0 aromatic heterocycles. The summed E-state index contributed by atoms with van der Waals surface area (Å²) < 4.78 is 12.9. The van der Waals surface area contributed by atoms with Crippen LogP contribution in [0, 0.1) is 19.0 Å². The second-order valence-electron chi connectivity index (χ2n) is 2.03. The van der Waals surface area contributed by atoms with E-state index in [4.69, 9.17) is 0 Å². The lowest BCUT2D eigenvalue weighted by molar-refractivity contribution is 0.593. The van der Waals surface area contributed by atoms with Gasteiger partial charge in [-0.3, -0.25) is 0 Å². The minimum absolute atomic E-state index is 0.150. The molecule has 0 unspecified atom stereocenters. The second-order valence-corrected chi connectivity index (χ2v) is 2.76. The van der Waals surface area contributed by atoms with Gasteiger partial charge in [-0.2, -0.15) is 0 Å². The highest BCUT2D eigenvalue weighted by Crippen LogP contribution is 2.21. The van der Waals surface area contributed by atoms with Crippen molar-refractivity contribution in [1.29, 1.82) is 0 Å². The zero-order chi connectivity index (χ0) is 7.56. The zero-order valence-corrected chi connectivity index (χ0v) is 6.54. The molecule has 1 radical (unpaired) electrons. The maximum Gasteiger partial charge on any atom is 0.139 e. The van der Waals surface area contributed by atoms with E-state index in [9.17, 15) is 4.39 Å². The molecule has 0 fully saturated rings. The summed E-state index contributed by atoms with van der Waals surface area (Å²) in [7, 11) is 0. The average molecular weight is 155 g/mol. The molecule has 0 N–H and O–H groups in total. The molecule has 0 aliphatic heterocycles. The highest BCUT2D eigenvalue weighted by molar-refractivity contribution is 8.00. The van der Waals surface area contributed by atoms with Gasteiger partial charge in [0.1, 0.15) is 5.82 Å². The predicted molar refractivity (Wildman–Crippen MR) is 42.4 cm³/mol. The average Bonchev–Trinajstić information content (AvgIpc) is 1.95. The van der Waals surface area contributed by atoms with Crippen LogP contribution < -0.4 is 0 Å². The highest BCUT2D eigenvalue weighted by atomic mass is 32.2. The summed E-state index contributed by atoms with van der Waals surface area (Å²) in [6.45, 7) is 1.75. The first-order valence-corrected chi connectivity index (χ1v) is 3.91. The van der Waals surface area contributed by atoms with Crippen LogP contribution in [0.5, 0.6) is 0 Å². The maximum absolute atomic E-state index is 12.9. The minimum Gasteiger partial charge on any atom is -0.205 e. The molecule has 0 nitrogen and oxygen atoms in total. The molecule has 53 valence electrons. The monoisotopic (exact) mass is 155 g/mol. The smallest absolute Gasteiger partial charge is 0.139 e. The molecule has 0 saturated carbocycles. The molecular weight excluding hydrogens is 147 g/mol. The molecule has 0 amide bonds. The van der Waals surface area contributed by atoms with Crippen molar-refractivity contribution >= 4 is 11.8 Å². The molecule has 0 saturated heterocycles. The van der Waals surface area contributed by atoms with Gasteiger partial charge in [0.15, 0.2) is 0 Å². The third-order valence-corrected chi connectivity index (χ3v) is 1.94. The van der Waals surface area contributed by atoms with Gasteiger partial charge in [0.05, 0.1) is 0 Å². The van der Waals surface area contributed by atoms with Gasteiger partial charge in [0.2, 0.25) is 0 Å². The standard InChI is InChI=1S/C8H8FS/c1-6-4-3-5-7(10-2)8(6)9/h3-5H,2H2,1H3. The van der Waals surface area contributed by atoms with E-state index in [1.165, 1.54) is 11.8 Å². The molecule has 2 heteroatoms. The fourth-order valence-corrected chi connectivity index (χ4v) is 1.19. The van der Waals surface area contributed by atoms with Crippen molar-refractivity contribution in [2.24, 2.45) is 0 Å². The van der Waals surface area contributed by atoms with Crippen LogP contribution in [0.4, 0.5) is 4.39 Å². The zero-order valence-electron chi connectivity index (χ0n) is 5.73. The Labute approximate surface area is 64.4 Å². The van der Waals surface area contributed by atoms with Gasteiger partial charge >= 0.3 is 0 Å². The number of benzene rings is 1. The molecule has 0 atom stereocenters. The number of thioether (sulfide) groups is 1. The van der Waals surface area contributed by atoms with Crippen molar-refractivity contribution in [2.75, 3.05) is 0 Å². The Morgan fingerprint density at radius 2 is 2.20 bits per heavy atom. The first-order valence-electron chi connectivity index (χ1n) is 2.93. The van der Waals surface area contributed by atoms with Crippen molar-refractivity contribution in [3.8, 4) is 0 Å². The van der Waals surface area contributed by atoms with E-state index < -0.39 is 0 Å². The topological polar surface area (TPSA) is 0 Å². The van der Waals surface area contributed by atoms with Gasteiger partial charge in [0.25, 0.3) is 0 Å². The van der Waals surface area contributed by atoms with Crippen molar-refractivity contribution in [1.82, 2.24) is 0 Å². The van der Waals surface area contributed by atoms with E-state index in [0.717, 1.165) is 0 Å². The number of rotatable bonds is 1. The fourth-order valence-electron chi connectivity index (χ4n) is 0.732. The molecule has 1 rings (SSSR count). The summed E-state index contributed by atoms with van der Waals surface area (Å²) in [5.41, 5.74) is 0.675. The van der Waals surface area contributed by atoms with E-state index in [-0.39, 0.29) is 5.82 Å². The molecule has 1 aromatic carbocycles. The second kappa shape index (κ2) is 3.06. The van der Waals surface area contributed by atoms with Gasteiger partial charge < -0.3 is 0 Å². The first-order chi connectivity index (χ1) is 4.75. The van der Waals surface area contributed by atoms with Crippen LogP contribution >= 0.6 is 11.8 Å². The Hall–Kier alpha value is -0.500. The van der Waals surface area contributed by atoms with Crippen molar-refractivity contribution < 1.29 is 4.39 Å². The Morgan fingerprint density at radius 1 is 1.50 bits per heavy atom. The summed E-state index contributed by atoms with van der Waals surface area (Å²) in [6.07, 6.45) is 3.53. The lowest BCUT2D eigenvalue weighted by Gasteiger charge is -1.99. The Balaban J connectivity index is 3.14. The largest absolute Gasteiger partial charge is 0.205 e. The summed E-state index contributed by atoms with van der Waals surface area (Å²) in [6, 6.07) is 5.29. The third kappa shape index (κ3) is 1.32. The van der Waals surface area contributed by atoms with E-state index in [1.54, 1.807) is 19.1 Å². The number of hydrogen-bond acceptors (Lipinski definition) is 1. The quantitative estimate of drug-likeness (QED) is 0.562. The van der Waals surface area contributed by atoms with E-state index >= 15 is 0 Å². The normalized spacial score (nSPS) is 9.90. The molecule has 0 heterocycles. The minimum atomic E-state index is -0.150. The number of halogens is 1. The van der Waals surface area contributed by atoms with Gasteiger partial charge in [-0.15, -0.1) is 11.8 Å². The third-order valence-electron chi connectivity index (χ3n) is 1.31. The van der Waals surface area contributed by atoms with Crippen LogP contribution in [0.2, 0.25) is 0 Å². The molecule has 0 aliphatic carbocycles. The first kappa shape index (κ1) is 7.61. The molecule has 1 aromatic rings. The van der Waals surface area contributed by atoms with Crippen LogP contribution in [0.15, 0.2) is 23.1 Å². The highest BCUT2D eigenvalue weighted by Gasteiger charge is 2.00. The van der Waals surface area contributed by atoms with Crippen molar-refractivity contribution in [2.45, 2.75) is 11.8 Å². The Kier molecular flexibility index (Phi) is 2.33. The summed E-state index contributed by atoms with van der Waals surface area (Å²) >= 11 is 1.18. The molecular formula is C8H8FS. The Bertz CT molecular complexity index is 233. The molecule has 0 spiro atoms. The van der Waals surface area contributed by atoms with E-state index in [2.05, 4.69) is 6.26 Å². The lowest BCUT2D eigenvalue weighted by Crippen LogP contribution is -1.83. The van der Waals surface area contributed by atoms with Crippen LogP contribution in [0.3, 0.4) is 0 Å². The fraction of sp³-hybridized carbons (Fsp3) is 0.125. The van der Waals surface area contributed by atoms with E-state index in [1.807, 2.05) is 6.07 Å².